The quantitative estimate of drug-likeness (QED) is 0.274. The Kier molecular flexibility index (Phi) is 3.14. The Bertz CT molecular complexity index is 146. The summed E-state index contributed by atoms with van der Waals surface area (Å²) < 4.78 is 1.79. The molecule has 0 amide bonds. The molecule has 1 aromatic heterocycles. The van der Waals surface area contributed by atoms with E-state index in [1.54, 1.807) is 10.8 Å². The molecule has 0 saturated carbocycles. The summed E-state index contributed by atoms with van der Waals surface area (Å²) in [5, 5.41) is 0.639. The standard InChI is InChI=1S/C4H6N2S.Li/c1-6-3-2-5-4(6)7;/h2-3H,1H3,(H,5,7);/q;+1/p-1. The Morgan fingerprint density at radius 3 is 2.50 bits per heavy atom. The second-order valence-corrected chi connectivity index (χ2v) is 1.69. The van der Waals surface area contributed by atoms with Crippen molar-refractivity contribution in [1.82, 2.24) is 9.55 Å². The Morgan fingerprint density at radius 2 is 2.38 bits per heavy atom. The summed E-state index contributed by atoms with van der Waals surface area (Å²) >= 11 is 4.74. The fourth-order valence-electron chi connectivity index (χ4n) is 0.352. The van der Waals surface area contributed by atoms with Crippen molar-refractivity contribution in [2.24, 2.45) is 7.05 Å². The first-order valence-corrected chi connectivity index (χ1v) is 2.36. The van der Waals surface area contributed by atoms with Crippen LogP contribution >= 0.6 is 0 Å². The SMILES string of the molecule is Cn1ccnc1[S-].[Li+]. The van der Waals surface area contributed by atoms with E-state index in [-0.39, 0.29) is 18.9 Å². The summed E-state index contributed by atoms with van der Waals surface area (Å²) in [6, 6.07) is 0. The van der Waals surface area contributed by atoms with Crippen LogP contribution in [0.1, 0.15) is 0 Å². The molecule has 0 unspecified atom stereocenters. The van der Waals surface area contributed by atoms with Gasteiger partial charge in [0.05, 0.1) is 0 Å². The second-order valence-electron chi connectivity index (χ2n) is 1.32. The third kappa shape index (κ3) is 1.52. The monoisotopic (exact) mass is 120 g/mol. The van der Waals surface area contributed by atoms with Crippen LogP contribution in [-0.4, -0.2) is 9.55 Å². The first-order chi connectivity index (χ1) is 3.30. The largest absolute Gasteiger partial charge is 1.00 e. The Labute approximate surface area is 65.9 Å². The smallest absolute Gasteiger partial charge is 0.742 e. The molecule has 1 aromatic rings. The first kappa shape index (κ1) is 8.03. The van der Waals surface area contributed by atoms with Crippen LogP contribution in [-0.2, 0) is 19.7 Å². The van der Waals surface area contributed by atoms with Gasteiger partial charge in [-0.3, -0.25) is 4.98 Å². The molecule has 1 rings (SSSR count). The van der Waals surface area contributed by atoms with Gasteiger partial charge in [-0.25, -0.2) is 0 Å². The van der Waals surface area contributed by atoms with Gasteiger partial charge in [0.15, 0.2) is 0 Å². The normalized spacial score (nSPS) is 8.12. The number of aryl methyl sites for hydroxylation is 1. The van der Waals surface area contributed by atoms with Crippen molar-refractivity contribution in [1.29, 1.82) is 0 Å². The maximum absolute atomic E-state index is 4.74. The molecule has 0 aromatic carbocycles. The summed E-state index contributed by atoms with van der Waals surface area (Å²) in [7, 11) is 1.87. The molecule has 0 fully saturated rings. The molecule has 4 heteroatoms. The zero-order chi connectivity index (χ0) is 5.28. The maximum Gasteiger partial charge on any atom is 1.00 e. The van der Waals surface area contributed by atoms with E-state index in [9.17, 15) is 0 Å². The molecule has 38 valence electrons. The average molecular weight is 120 g/mol. The van der Waals surface area contributed by atoms with Gasteiger partial charge in [0.2, 0.25) is 0 Å². The van der Waals surface area contributed by atoms with Crippen LogP contribution in [0.3, 0.4) is 0 Å². The van der Waals surface area contributed by atoms with E-state index in [1.807, 2.05) is 13.2 Å². The van der Waals surface area contributed by atoms with Gasteiger partial charge in [0.25, 0.3) is 0 Å². The Hall–Kier alpha value is 0.0274. The van der Waals surface area contributed by atoms with Crippen molar-refractivity contribution >= 4 is 12.6 Å². The summed E-state index contributed by atoms with van der Waals surface area (Å²) in [6.45, 7) is 0. The van der Waals surface area contributed by atoms with Gasteiger partial charge in [-0.05, 0) is 5.16 Å². The van der Waals surface area contributed by atoms with Gasteiger partial charge < -0.3 is 17.2 Å². The van der Waals surface area contributed by atoms with Crippen LogP contribution in [0.5, 0.6) is 0 Å². The molecule has 0 spiro atoms. The first-order valence-electron chi connectivity index (χ1n) is 1.95. The van der Waals surface area contributed by atoms with E-state index in [1.165, 1.54) is 0 Å². The van der Waals surface area contributed by atoms with Crippen molar-refractivity contribution in [3.8, 4) is 0 Å². The molecule has 0 aliphatic heterocycles. The van der Waals surface area contributed by atoms with Crippen LogP contribution in [0.2, 0.25) is 0 Å². The fourth-order valence-corrected chi connectivity index (χ4v) is 0.474. The molecule has 0 radical (unpaired) electrons. The van der Waals surface area contributed by atoms with E-state index in [2.05, 4.69) is 4.98 Å². The topological polar surface area (TPSA) is 17.8 Å². The van der Waals surface area contributed by atoms with E-state index in [0.717, 1.165) is 0 Å². The van der Waals surface area contributed by atoms with Gasteiger partial charge in [0.1, 0.15) is 0 Å². The molecule has 1 heterocycles. The maximum atomic E-state index is 4.74. The van der Waals surface area contributed by atoms with Gasteiger partial charge >= 0.3 is 18.9 Å². The molecule has 0 atom stereocenters. The number of nitrogens with zero attached hydrogens (tertiary/aromatic N) is 2. The van der Waals surface area contributed by atoms with E-state index < -0.39 is 0 Å². The van der Waals surface area contributed by atoms with Crippen LogP contribution < -0.4 is 18.9 Å². The second kappa shape index (κ2) is 3.13. The van der Waals surface area contributed by atoms with Crippen molar-refractivity contribution in [3.63, 3.8) is 0 Å². The summed E-state index contributed by atoms with van der Waals surface area (Å²) in [6.07, 6.45) is 3.50. The summed E-state index contributed by atoms with van der Waals surface area (Å²) in [4.78, 5) is 3.79. The van der Waals surface area contributed by atoms with Crippen LogP contribution in [0, 0.1) is 0 Å². The number of aromatic nitrogens is 2. The molecule has 2 nitrogen and oxygen atoms in total. The predicted octanol–water partition coefficient (Wildman–Crippen LogP) is -2.67. The molecule has 8 heavy (non-hydrogen) atoms. The van der Waals surface area contributed by atoms with Crippen LogP contribution in [0.4, 0.5) is 0 Å². The molecule has 0 bridgehead atoms. The van der Waals surface area contributed by atoms with Gasteiger partial charge in [-0.2, -0.15) is 0 Å². The Morgan fingerprint density at radius 1 is 1.75 bits per heavy atom. The predicted molar refractivity (Wildman–Crippen MR) is 28.8 cm³/mol. The third-order valence-corrected chi connectivity index (χ3v) is 1.17. The van der Waals surface area contributed by atoms with E-state index >= 15 is 0 Å². The van der Waals surface area contributed by atoms with Crippen molar-refractivity contribution in [3.05, 3.63) is 12.4 Å². The third-order valence-electron chi connectivity index (χ3n) is 0.777. The molecule has 0 saturated heterocycles. The minimum atomic E-state index is 0. The minimum absolute atomic E-state index is 0. The molecule has 0 N–H and O–H groups in total. The molecule has 0 aliphatic carbocycles. The zero-order valence-corrected chi connectivity index (χ0v) is 5.77. The Balaban J connectivity index is 0.000000490. The van der Waals surface area contributed by atoms with E-state index in [0.29, 0.717) is 5.16 Å². The summed E-state index contributed by atoms with van der Waals surface area (Å²) in [5.74, 6) is 0. The number of rotatable bonds is 0. The minimum Gasteiger partial charge on any atom is -0.742 e. The zero-order valence-electron chi connectivity index (χ0n) is 4.96. The van der Waals surface area contributed by atoms with E-state index in [4.69, 9.17) is 12.6 Å². The molecular formula is C4H5LiN2S. The average Bonchev–Trinajstić information content (AvgIpc) is 1.91. The molecular weight excluding hydrogens is 115 g/mol. The van der Waals surface area contributed by atoms with Crippen molar-refractivity contribution < 1.29 is 18.9 Å². The fraction of sp³-hybridized carbons (Fsp3) is 0.250. The summed E-state index contributed by atoms with van der Waals surface area (Å²) in [5.41, 5.74) is 0. The van der Waals surface area contributed by atoms with Gasteiger partial charge in [-0.1, -0.05) is 0 Å². The number of imidazole rings is 1. The van der Waals surface area contributed by atoms with Crippen LogP contribution in [0.25, 0.3) is 0 Å². The van der Waals surface area contributed by atoms with Crippen molar-refractivity contribution in [2.75, 3.05) is 0 Å². The molecule has 0 aliphatic rings. The van der Waals surface area contributed by atoms with Gasteiger partial charge in [0, 0.05) is 19.4 Å². The van der Waals surface area contributed by atoms with Crippen LogP contribution in [0.15, 0.2) is 17.6 Å². The number of hydrogen-bond donors (Lipinski definition) is 0. The number of hydrogen-bond acceptors (Lipinski definition) is 2. The van der Waals surface area contributed by atoms with Gasteiger partial charge in [-0.15, -0.1) is 0 Å². The van der Waals surface area contributed by atoms with Crippen molar-refractivity contribution in [2.45, 2.75) is 5.16 Å².